The van der Waals surface area contributed by atoms with Crippen LogP contribution in [0.1, 0.15) is 15.9 Å². The van der Waals surface area contributed by atoms with Gasteiger partial charge in [0.2, 0.25) is 0 Å². The minimum absolute atomic E-state index is 0.697. The number of hydrogen-bond donors (Lipinski definition) is 1. The molecule has 1 aromatic rings. The molecule has 0 unspecified atom stereocenters. The van der Waals surface area contributed by atoms with Gasteiger partial charge in [-0.3, -0.25) is 9.79 Å². The first-order valence-electron chi connectivity index (χ1n) is 4.24. The van der Waals surface area contributed by atoms with E-state index in [2.05, 4.69) is 10.3 Å². The molecule has 0 aromatic heterocycles. The number of aldehydes is 1. The quantitative estimate of drug-likeness (QED) is 0.675. The Morgan fingerprint density at radius 2 is 2.08 bits per heavy atom. The predicted octanol–water partition coefficient (Wildman–Crippen LogP) is 0.849. The number of carbonyl (C=O) groups excluding carboxylic acids is 1. The fourth-order valence-corrected chi connectivity index (χ4v) is 1.31. The van der Waals surface area contributed by atoms with Crippen LogP contribution in [-0.2, 0) is 0 Å². The van der Waals surface area contributed by atoms with Crippen LogP contribution in [0.2, 0.25) is 0 Å². The van der Waals surface area contributed by atoms with Gasteiger partial charge in [-0.25, -0.2) is 0 Å². The monoisotopic (exact) mass is 174 g/mol. The molecule has 0 aliphatic carbocycles. The van der Waals surface area contributed by atoms with Crippen molar-refractivity contribution in [3.63, 3.8) is 0 Å². The SMILES string of the molecule is O=Cc1ccc(C2=NCCN2)cc1. The maximum absolute atomic E-state index is 10.4. The molecule has 0 radical (unpaired) electrons. The Balaban J connectivity index is 2.26. The summed E-state index contributed by atoms with van der Waals surface area (Å²) in [5.74, 6) is 0.928. The number of nitrogens with one attached hydrogen (secondary N) is 1. The van der Waals surface area contributed by atoms with E-state index >= 15 is 0 Å². The van der Waals surface area contributed by atoms with Crippen LogP contribution < -0.4 is 5.32 Å². The van der Waals surface area contributed by atoms with Crippen molar-refractivity contribution in [1.82, 2.24) is 5.32 Å². The second kappa shape index (κ2) is 3.39. The van der Waals surface area contributed by atoms with E-state index in [0.29, 0.717) is 5.56 Å². The number of amidine groups is 1. The van der Waals surface area contributed by atoms with Gasteiger partial charge in [0, 0.05) is 17.7 Å². The summed E-state index contributed by atoms with van der Waals surface area (Å²) < 4.78 is 0. The molecular weight excluding hydrogens is 164 g/mol. The second-order valence-corrected chi connectivity index (χ2v) is 2.90. The van der Waals surface area contributed by atoms with Gasteiger partial charge in [-0.15, -0.1) is 0 Å². The highest BCUT2D eigenvalue weighted by Gasteiger charge is 2.06. The van der Waals surface area contributed by atoms with E-state index in [1.165, 1.54) is 0 Å². The minimum atomic E-state index is 0.697. The summed E-state index contributed by atoms with van der Waals surface area (Å²) in [4.78, 5) is 14.7. The molecule has 0 saturated heterocycles. The maximum atomic E-state index is 10.4. The molecule has 66 valence electrons. The van der Waals surface area contributed by atoms with Crippen molar-refractivity contribution in [3.8, 4) is 0 Å². The molecule has 0 spiro atoms. The first kappa shape index (κ1) is 7.98. The largest absolute Gasteiger partial charge is 0.368 e. The lowest BCUT2D eigenvalue weighted by Crippen LogP contribution is -2.19. The summed E-state index contributed by atoms with van der Waals surface area (Å²) in [6.07, 6.45) is 0.841. The Kier molecular flexibility index (Phi) is 2.08. The van der Waals surface area contributed by atoms with E-state index in [1.807, 2.05) is 12.1 Å². The van der Waals surface area contributed by atoms with E-state index in [-0.39, 0.29) is 0 Å². The van der Waals surface area contributed by atoms with Gasteiger partial charge in [-0.1, -0.05) is 24.3 Å². The van der Waals surface area contributed by atoms with Crippen molar-refractivity contribution in [1.29, 1.82) is 0 Å². The highest BCUT2D eigenvalue weighted by molar-refractivity contribution is 6.00. The molecule has 0 atom stereocenters. The summed E-state index contributed by atoms with van der Waals surface area (Å²) in [5, 5.41) is 3.17. The molecule has 3 nitrogen and oxygen atoms in total. The lowest BCUT2D eigenvalue weighted by Gasteiger charge is -2.01. The zero-order chi connectivity index (χ0) is 9.10. The molecule has 13 heavy (non-hydrogen) atoms. The Morgan fingerprint density at radius 1 is 1.31 bits per heavy atom. The number of aliphatic imine (C=N–C) groups is 1. The fraction of sp³-hybridized carbons (Fsp3) is 0.200. The van der Waals surface area contributed by atoms with Gasteiger partial charge in [0.05, 0.1) is 6.54 Å². The Hall–Kier alpha value is -1.64. The molecule has 0 saturated carbocycles. The van der Waals surface area contributed by atoms with Gasteiger partial charge in [0.15, 0.2) is 0 Å². The highest BCUT2D eigenvalue weighted by atomic mass is 16.1. The summed E-state index contributed by atoms with van der Waals surface area (Å²) in [5.41, 5.74) is 1.74. The van der Waals surface area contributed by atoms with Crippen LogP contribution >= 0.6 is 0 Å². The van der Waals surface area contributed by atoms with E-state index in [9.17, 15) is 4.79 Å². The average Bonchev–Trinajstić information content (AvgIpc) is 2.71. The smallest absolute Gasteiger partial charge is 0.150 e. The summed E-state index contributed by atoms with van der Waals surface area (Å²) >= 11 is 0. The number of benzene rings is 1. The third kappa shape index (κ3) is 1.59. The summed E-state index contributed by atoms with van der Waals surface area (Å²) in [6, 6.07) is 7.40. The van der Waals surface area contributed by atoms with Crippen molar-refractivity contribution in [2.75, 3.05) is 13.1 Å². The molecule has 1 aliphatic rings. The molecular formula is C10H10N2O. The van der Waals surface area contributed by atoms with Gasteiger partial charge in [-0.05, 0) is 0 Å². The molecule has 1 aliphatic heterocycles. The van der Waals surface area contributed by atoms with Crippen LogP contribution in [0, 0.1) is 0 Å². The Labute approximate surface area is 76.5 Å². The first-order valence-corrected chi connectivity index (χ1v) is 4.24. The van der Waals surface area contributed by atoms with Gasteiger partial charge in [0.1, 0.15) is 12.1 Å². The predicted molar refractivity (Wildman–Crippen MR) is 51.2 cm³/mol. The van der Waals surface area contributed by atoms with Gasteiger partial charge < -0.3 is 5.32 Å². The van der Waals surface area contributed by atoms with Crippen molar-refractivity contribution in [2.24, 2.45) is 4.99 Å². The second-order valence-electron chi connectivity index (χ2n) is 2.90. The lowest BCUT2D eigenvalue weighted by molar-refractivity contribution is 0.112. The minimum Gasteiger partial charge on any atom is -0.368 e. The van der Waals surface area contributed by atoms with Crippen LogP contribution in [0.3, 0.4) is 0 Å². The number of nitrogens with zero attached hydrogens (tertiary/aromatic N) is 1. The van der Waals surface area contributed by atoms with Crippen molar-refractivity contribution >= 4 is 12.1 Å². The zero-order valence-corrected chi connectivity index (χ0v) is 7.16. The molecule has 0 fully saturated rings. The lowest BCUT2D eigenvalue weighted by atomic mass is 10.1. The molecule has 1 heterocycles. The number of rotatable bonds is 2. The molecule has 1 aromatic carbocycles. The molecule has 1 N–H and O–H groups in total. The highest BCUT2D eigenvalue weighted by Crippen LogP contribution is 2.04. The fourth-order valence-electron chi connectivity index (χ4n) is 1.31. The Bertz CT molecular complexity index is 340. The van der Waals surface area contributed by atoms with Crippen LogP contribution in [0.15, 0.2) is 29.3 Å². The molecule has 0 bridgehead atoms. The van der Waals surface area contributed by atoms with Gasteiger partial charge in [-0.2, -0.15) is 0 Å². The Morgan fingerprint density at radius 3 is 2.62 bits per heavy atom. The standard InChI is InChI=1S/C10H10N2O/c13-7-8-1-3-9(4-2-8)10-11-5-6-12-10/h1-4,7H,5-6H2,(H,11,12). The van der Waals surface area contributed by atoms with Crippen molar-refractivity contribution in [2.45, 2.75) is 0 Å². The maximum Gasteiger partial charge on any atom is 0.150 e. The van der Waals surface area contributed by atoms with Gasteiger partial charge >= 0.3 is 0 Å². The molecule has 3 heteroatoms. The topological polar surface area (TPSA) is 41.5 Å². The van der Waals surface area contributed by atoms with E-state index in [0.717, 1.165) is 30.8 Å². The van der Waals surface area contributed by atoms with E-state index in [1.54, 1.807) is 12.1 Å². The van der Waals surface area contributed by atoms with Crippen molar-refractivity contribution in [3.05, 3.63) is 35.4 Å². The van der Waals surface area contributed by atoms with Crippen LogP contribution in [-0.4, -0.2) is 25.2 Å². The normalized spacial score (nSPS) is 14.9. The first-order chi connectivity index (χ1) is 6.40. The van der Waals surface area contributed by atoms with Gasteiger partial charge in [0.25, 0.3) is 0 Å². The van der Waals surface area contributed by atoms with Crippen LogP contribution in [0.25, 0.3) is 0 Å². The molecule has 2 rings (SSSR count). The third-order valence-corrected chi connectivity index (χ3v) is 1.99. The van der Waals surface area contributed by atoms with Crippen molar-refractivity contribution < 1.29 is 4.79 Å². The summed E-state index contributed by atoms with van der Waals surface area (Å²) in [7, 11) is 0. The number of hydrogen-bond acceptors (Lipinski definition) is 3. The average molecular weight is 174 g/mol. The number of carbonyl (C=O) groups is 1. The molecule has 0 amide bonds. The third-order valence-electron chi connectivity index (χ3n) is 1.99. The van der Waals surface area contributed by atoms with Crippen LogP contribution in [0.4, 0.5) is 0 Å². The summed E-state index contributed by atoms with van der Waals surface area (Å²) in [6.45, 7) is 1.75. The van der Waals surface area contributed by atoms with E-state index < -0.39 is 0 Å². The zero-order valence-electron chi connectivity index (χ0n) is 7.16. The van der Waals surface area contributed by atoms with E-state index in [4.69, 9.17) is 0 Å². The van der Waals surface area contributed by atoms with Crippen LogP contribution in [0.5, 0.6) is 0 Å².